The first-order chi connectivity index (χ1) is 8.97. The first-order valence-electron chi connectivity index (χ1n) is 5.55. The molecule has 1 aromatic carbocycles. The first-order valence-corrected chi connectivity index (χ1v) is 5.55. The highest BCUT2D eigenvalue weighted by molar-refractivity contribution is 6.04. The Hall–Kier alpha value is -2.63. The number of phenolic OH excluding ortho intramolecular Hbond substituents is 1. The molecule has 0 aliphatic carbocycles. The molecule has 0 spiro atoms. The maximum Gasteiger partial charge on any atom is 0.336 e. The molecule has 0 fully saturated rings. The lowest BCUT2D eigenvalue weighted by molar-refractivity contribution is -0.118. The van der Waals surface area contributed by atoms with Crippen LogP contribution in [0.3, 0.4) is 0 Å². The fourth-order valence-electron chi connectivity index (χ4n) is 1.62. The van der Waals surface area contributed by atoms with Gasteiger partial charge in [0.15, 0.2) is 0 Å². The number of nitrogens with zero attached hydrogens (tertiary/aromatic N) is 1. The molecule has 0 radical (unpaired) electrons. The van der Waals surface area contributed by atoms with Gasteiger partial charge < -0.3 is 9.52 Å². The second-order valence-electron chi connectivity index (χ2n) is 4.03. The van der Waals surface area contributed by atoms with Crippen molar-refractivity contribution in [3.05, 3.63) is 40.2 Å². The Morgan fingerprint density at radius 2 is 2.05 bits per heavy atom. The van der Waals surface area contributed by atoms with E-state index in [0.29, 0.717) is 22.2 Å². The van der Waals surface area contributed by atoms with E-state index in [1.165, 1.54) is 19.1 Å². The highest BCUT2D eigenvalue weighted by atomic mass is 16.4. The van der Waals surface area contributed by atoms with Crippen molar-refractivity contribution in [2.24, 2.45) is 5.10 Å². The number of hydrogen-bond acceptors (Lipinski definition) is 5. The van der Waals surface area contributed by atoms with Crippen LogP contribution in [0.5, 0.6) is 5.75 Å². The molecule has 0 aliphatic rings. The summed E-state index contributed by atoms with van der Waals surface area (Å²) < 4.78 is 4.95. The third kappa shape index (κ3) is 2.79. The van der Waals surface area contributed by atoms with E-state index in [1.807, 2.05) is 0 Å². The van der Waals surface area contributed by atoms with Crippen molar-refractivity contribution in [1.29, 1.82) is 0 Å². The zero-order valence-electron chi connectivity index (χ0n) is 10.4. The SMILES string of the molecule is CC(=O)N/N=C(\C)c1cc2ccc(=O)oc2cc1O. The molecule has 0 saturated carbocycles. The normalized spacial score (nSPS) is 11.6. The van der Waals surface area contributed by atoms with Gasteiger partial charge in [0.2, 0.25) is 5.91 Å². The van der Waals surface area contributed by atoms with Crippen LogP contribution in [0.25, 0.3) is 11.0 Å². The van der Waals surface area contributed by atoms with Gasteiger partial charge in [0, 0.05) is 30.0 Å². The zero-order chi connectivity index (χ0) is 14.0. The van der Waals surface area contributed by atoms with Crippen LogP contribution < -0.4 is 11.1 Å². The predicted molar refractivity (Wildman–Crippen MR) is 70.2 cm³/mol. The van der Waals surface area contributed by atoms with Gasteiger partial charge in [-0.2, -0.15) is 5.10 Å². The number of hydrazone groups is 1. The number of amides is 1. The molecule has 0 bridgehead atoms. The monoisotopic (exact) mass is 260 g/mol. The summed E-state index contributed by atoms with van der Waals surface area (Å²) in [6, 6.07) is 5.87. The van der Waals surface area contributed by atoms with E-state index in [0.717, 1.165) is 0 Å². The van der Waals surface area contributed by atoms with Gasteiger partial charge in [-0.25, -0.2) is 10.2 Å². The Kier molecular flexibility index (Phi) is 3.33. The fourth-order valence-corrected chi connectivity index (χ4v) is 1.62. The Bertz CT molecular complexity index is 731. The lowest BCUT2D eigenvalue weighted by Gasteiger charge is -2.06. The van der Waals surface area contributed by atoms with Gasteiger partial charge in [-0.05, 0) is 19.1 Å². The van der Waals surface area contributed by atoms with E-state index in [9.17, 15) is 14.7 Å². The molecule has 1 heterocycles. The number of hydrogen-bond donors (Lipinski definition) is 2. The summed E-state index contributed by atoms with van der Waals surface area (Å²) in [5, 5.41) is 14.4. The first kappa shape index (κ1) is 12.8. The van der Waals surface area contributed by atoms with E-state index in [-0.39, 0.29) is 11.7 Å². The third-order valence-corrected chi connectivity index (χ3v) is 2.51. The van der Waals surface area contributed by atoms with Gasteiger partial charge in [-0.3, -0.25) is 4.79 Å². The van der Waals surface area contributed by atoms with Crippen LogP contribution in [0.15, 0.2) is 38.6 Å². The third-order valence-electron chi connectivity index (χ3n) is 2.51. The molecule has 6 heteroatoms. The van der Waals surface area contributed by atoms with E-state index in [4.69, 9.17) is 4.42 Å². The van der Waals surface area contributed by atoms with E-state index in [2.05, 4.69) is 10.5 Å². The number of rotatable bonds is 2. The van der Waals surface area contributed by atoms with E-state index >= 15 is 0 Å². The number of nitrogens with one attached hydrogen (secondary N) is 1. The molecule has 1 amide bonds. The Morgan fingerprint density at radius 3 is 2.74 bits per heavy atom. The lowest BCUT2D eigenvalue weighted by Crippen LogP contribution is -2.15. The summed E-state index contributed by atoms with van der Waals surface area (Å²) in [4.78, 5) is 21.9. The second-order valence-corrected chi connectivity index (χ2v) is 4.03. The Morgan fingerprint density at radius 1 is 1.32 bits per heavy atom. The minimum absolute atomic E-state index is 0.0755. The fraction of sp³-hybridized carbons (Fsp3) is 0.154. The summed E-state index contributed by atoms with van der Waals surface area (Å²) in [5.41, 5.74) is 3.00. The van der Waals surface area contributed by atoms with Gasteiger partial charge in [0.25, 0.3) is 0 Å². The van der Waals surface area contributed by atoms with Gasteiger partial charge in [0.05, 0.1) is 5.71 Å². The van der Waals surface area contributed by atoms with Gasteiger partial charge in [-0.15, -0.1) is 0 Å². The molecular weight excluding hydrogens is 248 g/mol. The van der Waals surface area contributed by atoms with Crippen molar-refractivity contribution in [2.45, 2.75) is 13.8 Å². The Labute approximate surface area is 108 Å². The molecule has 2 aromatic rings. The second kappa shape index (κ2) is 4.93. The number of carbonyl (C=O) groups is 1. The maximum absolute atomic E-state index is 11.1. The summed E-state index contributed by atoms with van der Waals surface area (Å²) in [5.74, 6) is -0.376. The summed E-state index contributed by atoms with van der Waals surface area (Å²) in [6.07, 6.45) is 0. The highest BCUT2D eigenvalue weighted by Crippen LogP contribution is 2.24. The van der Waals surface area contributed by atoms with Crippen LogP contribution in [0.2, 0.25) is 0 Å². The van der Waals surface area contributed by atoms with Crippen LogP contribution in [0.4, 0.5) is 0 Å². The van der Waals surface area contributed by atoms with Gasteiger partial charge >= 0.3 is 5.63 Å². The molecule has 0 atom stereocenters. The van der Waals surface area contributed by atoms with E-state index in [1.54, 1.807) is 19.1 Å². The molecule has 1 aromatic heterocycles. The smallest absolute Gasteiger partial charge is 0.336 e. The van der Waals surface area contributed by atoms with Crippen molar-refractivity contribution in [2.75, 3.05) is 0 Å². The lowest BCUT2D eigenvalue weighted by atomic mass is 10.1. The summed E-state index contributed by atoms with van der Waals surface area (Å²) in [6.45, 7) is 2.99. The molecule has 98 valence electrons. The number of fused-ring (bicyclic) bond motifs is 1. The zero-order valence-corrected chi connectivity index (χ0v) is 10.4. The average Bonchev–Trinajstić information content (AvgIpc) is 2.35. The van der Waals surface area contributed by atoms with Gasteiger partial charge in [0.1, 0.15) is 11.3 Å². The minimum Gasteiger partial charge on any atom is -0.507 e. The van der Waals surface area contributed by atoms with Crippen LogP contribution in [0.1, 0.15) is 19.4 Å². The summed E-state index contributed by atoms with van der Waals surface area (Å²) in [7, 11) is 0. The topological polar surface area (TPSA) is 91.9 Å². The molecular formula is C13H12N2O4. The molecule has 19 heavy (non-hydrogen) atoms. The molecule has 0 saturated heterocycles. The molecule has 6 nitrogen and oxygen atoms in total. The van der Waals surface area contributed by atoms with Crippen molar-refractivity contribution in [1.82, 2.24) is 5.43 Å². The van der Waals surface area contributed by atoms with Crippen molar-refractivity contribution >= 4 is 22.6 Å². The van der Waals surface area contributed by atoms with Crippen LogP contribution in [-0.4, -0.2) is 16.7 Å². The molecule has 0 aliphatic heterocycles. The van der Waals surface area contributed by atoms with Gasteiger partial charge in [-0.1, -0.05) is 0 Å². The Balaban J connectivity index is 2.52. The maximum atomic E-state index is 11.1. The standard InChI is InChI=1S/C13H12N2O4/c1-7(14-15-8(2)16)10-5-9-3-4-13(18)19-12(9)6-11(10)17/h3-6,17H,1-2H3,(H,15,16)/b14-7+. The minimum atomic E-state index is -0.483. The van der Waals surface area contributed by atoms with Crippen LogP contribution in [0, 0.1) is 0 Å². The number of benzene rings is 1. The number of phenols is 1. The van der Waals surface area contributed by atoms with Crippen molar-refractivity contribution < 1.29 is 14.3 Å². The highest BCUT2D eigenvalue weighted by Gasteiger charge is 2.09. The van der Waals surface area contributed by atoms with Crippen LogP contribution >= 0.6 is 0 Å². The average molecular weight is 260 g/mol. The van der Waals surface area contributed by atoms with Crippen molar-refractivity contribution in [3.8, 4) is 5.75 Å². The summed E-state index contributed by atoms with van der Waals surface area (Å²) >= 11 is 0. The predicted octanol–water partition coefficient (Wildman–Crippen LogP) is 1.36. The number of aromatic hydroxyl groups is 1. The van der Waals surface area contributed by atoms with Crippen LogP contribution in [-0.2, 0) is 4.79 Å². The van der Waals surface area contributed by atoms with Crippen molar-refractivity contribution in [3.63, 3.8) is 0 Å². The quantitative estimate of drug-likeness (QED) is 0.484. The molecule has 2 N–H and O–H groups in total. The molecule has 0 unspecified atom stereocenters. The largest absolute Gasteiger partial charge is 0.507 e. The molecule has 2 rings (SSSR count). The number of carbonyl (C=O) groups excluding carboxylic acids is 1. The van der Waals surface area contributed by atoms with E-state index < -0.39 is 5.63 Å².